The first-order valence-corrected chi connectivity index (χ1v) is 5.75. The van der Waals surface area contributed by atoms with Crippen LogP contribution in [0.2, 0.25) is 0 Å². The largest absolute Gasteiger partial charge is 0.496 e. The summed E-state index contributed by atoms with van der Waals surface area (Å²) in [5.74, 6) is 1.02. The number of benzene rings is 1. The lowest BCUT2D eigenvalue weighted by molar-refractivity contribution is 0.407. The first kappa shape index (κ1) is 10.5. The quantitative estimate of drug-likeness (QED) is 0.815. The topological polar surface area (TPSA) is 21.3 Å². The number of para-hydroxylation sites is 1. The van der Waals surface area contributed by atoms with E-state index in [2.05, 4.69) is 17.4 Å². The molecule has 1 heterocycles. The smallest absolute Gasteiger partial charge is 0.122 e. The molecule has 0 aromatic heterocycles. The first-order chi connectivity index (χ1) is 7.40. The van der Waals surface area contributed by atoms with Crippen LogP contribution in [-0.4, -0.2) is 19.7 Å². The van der Waals surface area contributed by atoms with Gasteiger partial charge in [-0.25, -0.2) is 0 Å². The summed E-state index contributed by atoms with van der Waals surface area (Å²) < 4.78 is 5.34. The number of hydrogen-bond acceptors (Lipinski definition) is 2. The fraction of sp³-hybridized carbons (Fsp3) is 0.538. The number of methoxy groups -OCH3 is 1. The minimum Gasteiger partial charge on any atom is -0.496 e. The molecule has 1 aliphatic rings. The van der Waals surface area contributed by atoms with E-state index in [0.717, 1.165) is 18.2 Å². The van der Waals surface area contributed by atoms with Crippen LogP contribution in [-0.2, 0) is 6.42 Å². The molecule has 2 rings (SSSR count). The zero-order valence-electron chi connectivity index (χ0n) is 9.33. The molecule has 0 bridgehead atoms. The molecule has 15 heavy (non-hydrogen) atoms. The predicted molar refractivity (Wildman–Crippen MR) is 62.3 cm³/mol. The van der Waals surface area contributed by atoms with E-state index in [-0.39, 0.29) is 0 Å². The summed E-state index contributed by atoms with van der Waals surface area (Å²) in [7, 11) is 1.74. The second kappa shape index (κ2) is 5.17. The van der Waals surface area contributed by atoms with Crippen molar-refractivity contribution in [1.29, 1.82) is 0 Å². The molecule has 1 aliphatic heterocycles. The van der Waals surface area contributed by atoms with Gasteiger partial charge in [0.2, 0.25) is 0 Å². The number of nitrogens with one attached hydrogen (secondary N) is 1. The van der Waals surface area contributed by atoms with Crippen molar-refractivity contribution in [3.63, 3.8) is 0 Å². The summed E-state index contributed by atoms with van der Waals surface area (Å²) in [5.41, 5.74) is 1.33. The normalized spacial score (nSPS) is 20.5. The van der Waals surface area contributed by atoms with Crippen molar-refractivity contribution in [3.05, 3.63) is 29.8 Å². The highest BCUT2D eigenvalue weighted by atomic mass is 16.5. The van der Waals surface area contributed by atoms with Gasteiger partial charge in [0.25, 0.3) is 0 Å². The van der Waals surface area contributed by atoms with Crippen molar-refractivity contribution in [1.82, 2.24) is 5.32 Å². The standard InChI is InChI=1S/C13H19NO/c1-15-13-7-3-2-5-11(13)8-9-12-6-4-10-14-12/h2-3,5,7,12,14H,4,6,8-10H2,1H3. The van der Waals surface area contributed by atoms with Crippen LogP contribution in [0.5, 0.6) is 5.75 Å². The van der Waals surface area contributed by atoms with E-state index >= 15 is 0 Å². The van der Waals surface area contributed by atoms with Gasteiger partial charge in [0, 0.05) is 6.04 Å². The van der Waals surface area contributed by atoms with Gasteiger partial charge in [-0.15, -0.1) is 0 Å². The average molecular weight is 205 g/mol. The number of rotatable bonds is 4. The first-order valence-electron chi connectivity index (χ1n) is 5.75. The third-order valence-electron chi connectivity index (χ3n) is 3.12. The van der Waals surface area contributed by atoms with Gasteiger partial charge in [0.15, 0.2) is 0 Å². The van der Waals surface area contributed by atoms with Crippen LogP contribution in [0.3, 0.4) is 0 Å². The van der Waals surface area contributed by atoms with Gasteiger partial charge in [0.1, 0.15) is 5.75 Å². The monoisotopic (exact) mass is 205 g/mol. The van der Waals surface area contributed by atoms with Crippen LogP contribution >= 0.6 is 0 Å². The third-order valence-corrected chi connectivity index (χ3v) is 3.12. The Kier molecular flexibility index (Phi) is 3.62. The van der Waals surface area contributed by atoms with Crippen LogP contribution in [0.15, 0.2) is 24.3 Å². The second-order valence-electron chi connectivity index (χ2n) is 4.14. The molecular weight excluding hydrogens is 186 g/mol. The van der Waals surface area contributed by atoms with Crippen molar-refractivity contribution in [2.45, 2.75) is 31.7 Å². The maximum absolute atomic E-state index is 5.34. The molecule has 2 heteroatoms. The predicted octanol–water partition coefficient (Wildman–Crippen LogP) is 2.38. The Balaban J connectivity index is 1.91. The van der Waals surface area contributed by atoms with Crippen molar-refractivity contribution in [3.8, 4) is 5.75 Å². The summed E-state index contributed by atoms with van der Waals surface area (Å²) in [4.78, 5) is 0. The molecule has 1 atom stereocenters. The zero-order chi connectivity index (χ0) is 10.5. The number of ether oxygens (including phenoxy) is 1. The Labute approximate surface area is 91.6 Å². The minimum atomic E-state index is 0.718. The van der Waals surface area contributed by atoms with Gasteiger partial charge >= 0.3 is 0 Å². The molecule has 0 radical (unpaired) electrons. The second-order valence-corrected chi connectivity index (χ2v) is 4.14. The van der Waals surface area contributed by atoms with Crippen molar-refractivity contribution in [2.24, 2.45) is 0 Å². The molecule has 0 amide bonds. The molecule has 1 aromatic carbocycles. The maximum atomic E-state index is 5.34. The minimum absolute atomic E-state index is 0.718. The molecule has 0 aliphatic carbocycles. The van der Waals surface area contributed by atoms with E-state index in [0.29, 0.717) is 0 Å². The highest BCUT2D eigenvalue weighted by molar-refractivity contribution is 5.33. The Hall–Kier alpha value is -1.02. The van der Waals surface area contributed by atoms with Gasteiger partial charge in [0.05, 0.1) is 7.11 Å². The van der Waals surface area contributed by atoms with E-state index in [4.69, 9.17) is 4.74 Å². The lowest BCUT2D eigenvalue weighted by Gasteiger charge is -2.12. The van der Waals surface area contributed by atoms with Gasteiger partial charge in [-0.1, -0.05) is 18.2 Å². The molecule has 1 unspecified atom stereocenters. The molecule has 1 aromatic rings. The summed E-state index contributed by atoms with van der Waals surface area (Å²) in [6.45, 7) is 1.19. The molecule has 82 valence electrons. The SMILES string of the molecule is COc1ccccc1CCC1CCCN1. The lowest BCUT2D eigenvalue weighted by Crippen LogP contribution is -2.21. The molecular formula is C13H19NO. The fourth-order valence-corrected chi connectivity index (χ4v) is 2.24. The average Bonchev–Trinajstić information content (AvgIpc) is 2.79. The van der Waals surface area contributed by atoms with Crippen LogP contribution in [0, 0.1) is 0 Å². The molecule has 1 fully saturated rings. The van der Waals surface area contributed by atoms with E-state index in [1.807, 2.05) is 12.1 Å². The third kappa shape index (κ3) is 2.72. The van der Waals surface area contributed by atoms with Crippen molar-refractivity contribution < 1.29 is 4.74 Å². The van der Waals surface area contributed by atoms with E-state index in [9.17, 15) is 0 Å². The highest BCUT2D eigenvalue weighted by Gasteiger charge is 2.14. The van der Waals surface area contributed by atoms with Crippen LogP contribution < -0.4 is 10.1 Å². The molecule has 1 N–H and O–H groups in total. The summed E-state index contributed by atoms with van der Waals surface area (Å²) in [5, 5.41) is 3.52. The van der Waals surface area contributed by atoms with E-state index in [1.165, 1.54) is 31.4 Å². The highest BCUT2D eigenvalue weighted by Crippen LogP contribution is 2.20. The van der Waals surface area contributed by atoms with Crippen LogP contribution in [0.1, 0.15) is 24.8 Å². The van der Waals surface area contributed by atoms with Crippen LogP contribution in [0.4, 0.5) is 0 Å². The Morgan fingerprint density at radius 3 is 3.00 bits per heavy atom. The zero-order valence-corrected chi connectivity index (χ0v) is 9.33. The Morgan fingerprint density at radius 2 is 2.27 bits per heavy atom. The lowest BCUT2D eigenvalue weighted by atomic mass is 10.0. The molecule has 0 spiro atoms. The van der Waals surface area contributed by atoms with Crippen molar-refractivity contribution >= 4 is 0 Å². The number of hydrogen-bond donors (Lipinski definition) is 1. The van der Waals surface area contributed by atoms with E-state index < -0.39 is 0 Å². The Bertz CT molecular complexity index is 305. The fourth-order valence-electron chi connectivity index (χ4n) is 2.24. The van der Waals surface area contributed by atoms with E-state index in [1.54, 1.807) is 7.11 Å². The molecule has 2 nitrogen and oxygen atoms in total. The van der Waals surface area contributed by atoms with Crippen molar-refractivity contribution in [2.75, 3.05) is 13.7 Å². The van der Waals surface area contributed by atoms with Gasteiger partial charge in [-0.05, 0) is 43.9 Å². The van der Waals surface area contributed by atoms with Gasteiger partial charge < -0.3 is 10.1 Å². The summed E-state index contributed by atoms with van der Waals surface area (Å²) >= 11 is 0. The Morgan fingerprint density at radius 1 is 1.40 bits per heavy atom. The summed E-state index contributed by atoms with van der Waals surface area (Å²) in [6.07, 6.45) is 4.99. The molecule has 1 saturated heterocycles. The maximum Gasteiger partial charge on any atom is 0.122 e. The molecule has 0 saturated carbocycles. The summed E-state index contributed by atoms with van der Waals surface area (Å²) in [6, 6.07) is 9.02. The number of aryl methyl sites for hydroxylation is 1. The van der Waals surface area contributed by atoms with Gasteiger partial charge in [-0.2, -0.15) is 0 Å². The van der Waals surface area contributed by atoms with Crippen LogP contribution in [0.25, 0.3) is 0 Å². The van der Waals surface area contributed by atoms with Gasteiger partial charge in [-0.3, -0.25) is 0 Å².